The molecule has 0 unspecified atom stereocenters. The minimum atomic E-state index is -0.251. The molecule has 1 aliphatic rings. The van der Waals surface area contributed by atoms with Crippen LogP contribution < -0.4 is 15.9 Å². The second-order valence-electron chi connectivity index (χ2n) is 6.56. The number of pyridine rings is 1. The van der Waals surface area contributed by atoms with Crippen molar-refractivity contribution in [2.75, 3.05) is 23.3 Å². The van der Waals surface area contributed by atoms with Crippen molar-refractivity contribution in [2.45, 2.75) is 19.4 Å². The Labute approximate surface area is 150 Å². The number of benzene rings is 1. The average Bonchev–Trinajstić information content (AvgIpc) is 3.27. The molecule has 0 aliphatic carbocycles. The molecule has 3 aromatic rings. The first-order valence-electron chi connectivity index (χ1n) is 8.78. The smallest absolute Gasteiger partial charge is 0.329 e. The highest BCUT2D eigenvalue weighted by Crippen LogP contribution is 2.19. The molecular formula is C19H21N5O2. The monoisotopic (exact) mass is 351 g/mol. The normalized spacial score (nSPS) is 14.1. The lowest BCUT2D eigenvalue weighted by Gasteiger charge is -2.16. The number of nitrogens with one attached hydrogen (secondary N) is 1. The molecule has 1 aromatic carbocycles. The van der Waals surface area contributed by atoms with Crippen LogP contribution in [-0.2, 0) is 18.4 Å². The van der Waals surface area contributed by atoms with Gasteiger partial charge in [-0.2, -0.15) is 0 Å². The van der Waals surface area contributed by atoms with Crippen molar-refractivity contribution in [2.24, 2.45) is 7.05 Å². The molecule has 1 amide bonds. The number of para-hydroxylation sites is 2. The first-order valence-corrected chi connectivity index (χ1v) is 8.78. The summed E-state index contributed by atoms with van der Waals surface area (Å²) >= 11 is 0. The fourth-order valence-electron chi connectivity index (χ4n) is 3.45. The fourth-order valence-corrected chi connectivity index (χ4v) is 3.45. The largest absolute Gasteiger partial charge is 0.357 e. The Hall–Kier alpha value is -3.09. The molecule has 134 valence electrons. The van der Waals surface area contributed by atoms with E-state index in [4.69, 9.17) is 0 Å². The van der Waals surface area contributed by atoms with Gasteiger partial charge in [0.1, 0.15) is 12.4 Å². The standard InChI is InChI=1S/C19H21N5O2/c1-22-15-6-2-3-7-16(15)24(19(22)26)13-18(25)21-14-8-9-17(20-12-14)23-10-4-5-11-23/h2-3,6-9,12H,4-5,10-11,13H2,1H3,(H,21,25). The lowest BCUT2D eigenvalue weighted by molar-refractivity contribution is -0.116. The van der Waals surface area contributed by atoms with Gasteiger partial charge in [-0.15, -0.1) is 0 Å². The SMILES string of the molecule is Cn1c(=O)n(CC(=O)Nc2ccc(N3CCCC3)nc2)c2ccccc21. The Morgan fingerprint density at radius 1 is 1.12 bits per heavy atom. The van der Waals surface area contributed by atoms with Gasteiger partial charge >= 0.3 is 5.69 Å². The van der Waals surface area contributed by atoms with E-state index in [1.165, 1.54) is 17.4 Å². The molecule has 7 nitrogen and oxygen atoms in total. The van der Waals surface area contributed by atoms with Crippen LogP contribution in [0.1, 0.15) is 12.8 Å². The Kier molecular flexibility index (Phi) is 4.20. The molecule has 0 radical (unpaired) electrons. The molecule has 0 saturated carbocycles. The van der Waals surface area contributed by atoms with E-state index in [1.807, 2.05) is 36.4 Å². The molecule has 0 spiro atoms. The van der Waals surface area contributed by atoms with Crippen molar-refractivity contribution in [1.29, 1.82) is 0 Å². The van der Waals surface area contributed by atoms with Gasteiger partial charge in [-0.05, 0) is 37.1 Å². The molecule has 0 atom stereocenters. The first-order chi connectivity index (χ1) is 12.6. The third-order valence-electron chi connectivity index (χ3n) is 4.82. The summed E-state index contributed by atoms with van der Waals surface area (Å²) < 4.78 is 3.03. The van der Waals surface area contributed by atoms with Crippen LogP contribution in [0.5, 0.6) is 0 Å². The van der Waals surface area contributed by atoms with Crippen molar-refractivity contribution in [1.82, 2.24) is 14.1 Å². The minimum absolute atomic E-state index is 0.0337. The molecule has 2 aromatic heterocycles. The van der Waals surface area contributed by atoms with Gasteiger partial charge in [-0.1, -0.05) is 12.1 Å². The number of aromatic nitrogens is 3. The fraction of sp³-hybridized carbons (Fsp3) is 0.316. The molecule has 1 saturated heterocycles. The van der Waals surface area contributed by atoms with Crippen LogP contribution in [0.3, 0.4) is 0 Å². The van der Waals surface area contributed by atoms with E-state index < -0.39 is 0 Å². The Morgan fingerprint density at radius 3 is 2.54 bits per heavy atom. The number of carbonyl (C=O) groups excluding carboxylic acids is 1. The number of rotatable bonds is 4. The van der Waals surface area contributed by atoms with Crippen LogP contribution in [-0.4, -0.2) is 33.1 Å². The van der Waals surface area contributed by atoms with Crippen LogP contribution in [0.15, 0.2) is 47.4 Å². The third-order valence-corrected chi connectivity index (χ3v) is 4.82. The predicted octanol–water partition coefficient (Wildman–Crippen LogP) is 1.97. The van der Waals surface area contributed by atoms with Crippen molar-refractivity contribution >= 4 is 28.4 Å². The van der Waals surface area contributed by atoms with Gasteiger partial charge in [0.05, 0.1) is 22.9 Å². The summed E-state index contributed by atoms with van der Waals surface area (Å²) in [6.07, 6.45) is 4.05. The Bertz CT molecular complexity index is 997. The van der Waals surface area contributed by atoms with Gasteiger partial charge in [0.25, 0.3) is 0 Å². The molecule has 1 fully saturated rings. The van der Waals surface area contributed by atoms with Gasteiger partial charge in [0.15, 0.2) is 0 Å². The van der Waals surface area contributed by atoms with Crippen LogP contribution in [0, 0.1) is 0 Å². The lowest BCUT2D eigenvalue weighted by atomic mass is 10.3. The number of aryl methyl sites for hydroxylation is 1. The zero-order chi connectivity index (χ0) is 18.1. The van der Waals surface area contributed by atoms with E-state index in [0.717, 1.165) is 29.9 Å². The summed E-state index contributed by atoms with van der Waals surface area (Å²) in [7, 11) is 1.71. The van der Waals surface area contributed by atoms with Crippen LogP contribution in [0.25, 0.3) is 11.0 Å². The van der Waals surface area contributed by atoms with E-state index in [0.29, 0.717) is 5.69 Å². The second-order valence-corrected chi connectivity index (χ2v) is 6.56. The minimum Gasteiger partial charge on any atom is -0.357 e. The Balaban J connectivity index is 1.49. The number of hydrogen-bond donors (Lipinski definition) is 1. The molecule has 26 heavy (non-hydrogen) atoms. The number of amides is 1. The van der Waals surface area contributed by atoms with Gasteiger partial charge < -0.3 is 10.2 Å². The molecule has 1 aliphatic heterocycles. The molecule has 3 heterocycles. The van der Waals surface area contributed by atoms with Crippen LogP contribution in [0.4, 0.5) is 11.5 Å². The van der Waals surface area contributed by atoms with E-state index in [9.17, 15) is 9.59 Å². The van der Waals surface area contributed by atoms with Gasteiger partial charge in [-0.3, -0.25) is 13.9 Å². The van der Waals surface area contributed by atoms with E-state index in [1.54, 1.807) is 17.8 Å². The number of imidazole rings is 1. The number of nitrogens with zero attached hydrogens (tertiary/aromatic N) is 4. The summed E-state index contributed by atoms with van der Waals surface area (Å²) in [6.45, 7) is 2.03. The summed E-state index contributed by atoms with van der Waals surface area (Å²) in [6, 6.07) is 11.2. The second kappa shape index (κ2) is 6.67. The third kappa shape index (κ3) is 2.96. The maximum absolute atomic E-state index is 12.4. The molecule has 4 rings (SSSR count). The highest BCUT2D eigenvalue weighted by atomic mass is 16.2. The topological polar surface area (TPSA) is 72.2 Å². The van der Waals surface area contributed by atoms with E-state index in [2.05, 4.69) is 15.2 Å². The van der Waals surface area contributed by atoms with Gasteiger partial charge in [0, 0.05) is 20.1 Å². The summed E-state index contributed by atoms with van der Waals surface area (Å²) in [5.74, 6) is 0.685. The number of anilines is 2. The molecule has 0 bridgehead atoms. The maximum Gasteiger partial charge on any atom is 0.329 e. The zero-order valence-corrected chi connectivity index (χ0v) is 14.7. The van der Waals surface area contributed by atoms with Crippen molar-refractivity contribution in [3.8, 4) is 0 Å². The molecular weight excluding hydrogens is 330 g/mol. The maximum atomic E-state index is 12.4. The Morgan fingerprint density at radius 2 is 1.85 bits per heavy atom. The molecule has 1 N–H and O–H groups in total. The number of hydrogen-bond acceptors (Lipinski definition) is 4. The number of carbonyl (C=O) groups is 1. The predicted molar refractivity (Wildman–Crippen MR) is 101 cm³/mol. The van der Waals surface area contributed by atoms with Crippen molar-refractivity contribution in [3.05, 3.63) is 53.1 Å². The lowest BCUT2D eigenvalue weighted by Crippen LogP contribution is -2.28. The summed E-state index contributed by atoms with van der Waals surface area (Å²) in [5.41, 5.74) is 1.98. The first kappa shape index (κ1) is 16.4. The highest BCUT2D eigenvalue weighted by molar-refractivity contribution is 5.91. The van der Waals surface area contributed by atoms with E-state index in [-0.39, 0.29) is 18.1 Å². The summed E-state index contributed by atoms with van der Waals surface area (Å²) in [5, 5.41) is 2.82. The highest BCUT2D eigenvalue weighted by Gasteiger charge is 2.15. The quantitative estimate of drug-likeness (QED) is 0.780. The number of fused-ring (bicyclic) bond motifs is 1. The molecule has 7 heteroatoms. The average molecular weight is 351 g/mol. The van der Waals surface area contributed by atoms with Crippen molar-refractivity contribution < 1.29 is 4.79 Å². The zero-order valence-electron chi connectivity index (χ0n) is 14.7. The van der Waals surface area contributed by atoms with Gasteiger partial charge in [-0.25, -0.2) is 9.78 Å². The van der Waals surface area contributed by atoms with Crippen LogP contribution in [0.2, 0.25) is 0 Å². The van der Waals surface area contributed by atoms with Crippen LogP contribution >= 0.6 is 0 Å². The van der Waals surface area contributed by atoms with Gasteiger partial charge in [0.2, 0.25) is 5.91 Å². The summed E-state index contributed by atoms with van der Waals surface area (Å²) in [4.78, 5) is 31.5. The van der Waals surface area contributed by atoms with Crippen molar-refractivity contribution in [3.63, 3.8) is 0 Å². The van der Waals surface area contributed by atoms with E-state index >= 15 is 0 Å².